The molecule has 0 fully saturated rings. The molecule has 5 heteroatoms. The first kappa shape index (κ1) is 18.8. The monoisotopic (exact) mass is 400 g/mol. The van der Waals surface area contributed by atoms with Crippen LogP contribution in [0.25, 0.3) is 16.6 Å². The summed E-state index contributed by atoms with van der Waals surface area (Å²) in [5.74, 6) is 6.11. The molecule has 4 aromatic rings. The van der Waals surface area contributed by atoms with E-state index in [0.717, 1.165) is 15.7 Å². The van der Waals surface area contributed by atoms with Crippen molar-refractivity contribution in [2.24, 2.45) is 0 Å². The number of fused-ring (bicyclic) bond motifs is 1. The summed E-state index contributed by atoms with van der Waals surface area (Å²) < 4.78 is 1.08. The van der Waals surface area contributed by atoms with Crippen molar-refractivity contribution in [2.45, 2.75) is 13.3 Å². The Hall–Kier alpha value is -3.55. The highest BCUT2D eigenvalue weighted by atomic mass is 35.5. The Morgan fingerprint density at radius 2 is 1.69 bits per heavy atom. The van der Waals surface area contributed by atoms with Gasteiger partial charge in [-0.3, -0.25) is 4.79 Å². The van der Waals surface area contributed by atoms with E-state index < -0.39 is 5.69 Å². The number of aryl methyl sites for hydroxylation is 1. The summed E-state index contributed by atoms with van der Waals surface area (Å²) in [6.07, 6.45) is 0.681. The first-order chi connectivity index (χ1) is 14.1. The Bertz CT molecular complexity index is 1390. The van der Waals surface area contributed by atoms with Crippen LogP contribution in [-0.4, -0.2) is 9.55 Å². The van der Waals surface area contributed by atoms with Gasteiger partial charge in [0.25, 0.3) is 5.56 Å². The lowest BCUT2D eigenvalue weighted by molar-refractivity contribution is 0.898. The summed E-state index contributed by atoms with van der Waals surface area (Å²) in [5, 5.41) is 0.782. The number of rotatable bonds is 2. The van der Waals surface area contributed by atoms with Crippen molar-refractivity contribution in [1.82, 2.24) is 9.55 Å². The van der Waals surface area contributed by atoms with Crippen LogP contribution in [0.1, 0.15) is 23.6 Å². The van der Waals surface area contributed by atoms with Crippen molar-refractivity contribution in [3.63, 3.8) is 0 Å². The maximum absolute atomic E-state index is 13.1. The lowest BCUT2D eigenvalue weighted by atomic mass is 10.1. The minimum absolute atomic E-state index is 0.283. The highest BCUT2D eigenvalue weighted by Crippen LogP contribution is 2.21. The summed E-state index contributed by atoms with van der Waals surface area (Å²) in [4.78, 5) is 28.5. The predicted molar refractivity (Wildman–Crippen MR) is 117 cm³/mol. The van der Waals surface area contributed by atoms with Crippen LogP contribution in [-0.2, 0) is 6.42 Å². The number of hydrogen-bond donors (Lipinski definition) is 1. The Labute approximate surface area is 172 Å². The van der Waals surface area contributed by atoms with Crippen molar-refractivity contribution in [3.8, 4) is 17.5 Å². The van der Waals surface area contributed by atoms with Gasteiger partial charge < -0.3 is 4.98 Å². The number of H-pyrrole nitrogens is 1. The molecule has 0 aliphatic rings. The molecule has 4 nitrogen and oxygen atoms in total. The second-order valence-corrected chi connectivity index (χ2v) is 6.95. The van der Waals surface area contributed by atoms with Crippen molar-refractivity contribution < 1.29 is 0 Å². The molecular weight excluding hydrogens is 384 g/mol. The SMILES string of the molecule is CCc1cccc2[nH]c(=O)n(-c3ccc(C#Cc4ccccc4)cc3Cl)c(=O)c12. The van der Waals surface area contributed by atoms with E-state index in [2.05, 4.69) is 16.8 Å². The van der Waals surface area contributed by atoms with E-state index in [4.69, 9.17) is 11.6 Å². The number of benzene rings is 3. The molecule has 0 radical (unpaired) electrons. The number of halogens is 1. The Morgan fingerprint density at radius 3 is 2.41 bits per heavy atom. The zero-order chi connectivity index (χ0) is 20.4. The second-order valence-electron chi connectivity index (χ2n) is 6.55. The van der Waals surface area contributed by atoms with Crippen molar-refractivity contribution in [1.29, 1.82) is 0 Å². The third kappa shape index (κ3) is 3.61. The fourth-order valence-electron chi connectivity index (χ4n) is 3.28. The zero-order valence-electron chi connectivity index (χ0n) is 15.7. The summed E-state index contributed by atoms with van der Waals surface area (Å²) in [6, 6.07) is 20.1. The molecule has 0 aliphatic carbocycles. The third-order valence-electron chi connectivity index (χ3n) is 4.71. The molecule has 3 aromatic carbocycles. The molecule has 0 bridgehead atoms. The van der Waals surface area contributed by atoms with Crippen LogP contribution in [0.3, 0.4) is 0 Å². The van der Waals surface area contributed by atoms with E-state index in [1.54, 1.807) is 24.3 Å². The van der Waals surface area contributed by atoms with Crippen LogP contribution in [0, 0.1) is 11.8 Å². The maximum atomic E-state index is 13.1. The highest BCUT2D eigenvalue weighted by Gasteiger charge is 2.14. The molecule has 0 saturated carbocycles. The number of nitrogens with one attached hydrogen (secondary N) is 1. The molecule has 29 heavy (non-hydrogen) atoms. The van der Waals surface area contributed by atoms with E-state index in [-0.39, 0.29) is 10.6 Å². The van der Waals surface area contributed by atoms with E-state index >= 15 is 0 Å². The second kappa shape index (κ2) is 7.83. The number of nitrogens with zero attached hydrogens (tertiary/aromatic N) is 1. The average molecular weight is 401 g/mol. The van der Waals surface area contributed by atoms with Gasteiger partial charge in [0, 0.05) is 11.1 Å². The molecule has 0 aliphatic heterocycles. The van der Waals surface area contributed by atoms with E-state index in [1.807, 2.05) is 49.4 Å². The molecule has 0 unspecified atom stereocenters. The molecule has 0 atom stereocenters. The van der Waals surface area contributed by atoms with E-state index in [9.17, 15) is 9.59 Å². The van der Waals surface area contributed by atoms with Crippen molar-refractivity contribution in [3.05, 3.63) is 109 Å². The van der Waals surface area contributed by atoms with Gasteiger partial charge in [0.2, 0.25) is 0 Å². The van der Waals surface area contributed by atoms with Gasteiger partial charge in [-0.05, 0) is 48.4 Å². The summed E-state index contributed by atoms with van der Waals surface area (Å²) in [5.41, 5.74) is 2.41. The smallest absolute Gasteiger partial charge is 0.306 e. The van der Waals surface area contributed by atoms with Gasteiger partial charge in [0.15, 0.2) is 0 Å². The average Bonchev–Trinajstić information content (AvgIpc) is 2.73. The largest absolute Gasteiger partial charge is 0.333 e. The fourth-order valence-corrected chi connectivity index (χ4v) is 3.54. The van der Waals surface area contributed by atoms with Gasteiger partial charge in [0.1, 0.15) is 0 Å². The third-order valence-corrected chi connectivity index (χ3v) is 5.01. The molecule has 0 spiro atoms. The van der Waals surface area contributed by atoms with Gasteiger partial charge in [0.05, 0.1) is 21.6 Å². The molecule has 0 amide bonds. The minimum atomic E-state index is -0.527. The van der Waals surface area contributed by atoms with E-state index in [0.29, 0.717) is 28.6 Å². The molecule has 142 valence electrons. The molecule has 1 heterocycles. The van der Waals surface area contributed by atoms with Crippen LogP contribution in [0.2, 0.25) is 5.02 Å². The number of hydrogen-bond acceptors (Lipinski definition) is 2. The van der Waals surface area contributed by atoms with Crippen molar-refractivity contribution in [2.75, 3.05) is 0 Å². The molecule has 0 saturated heterocycles. The Morgan fingerprint density at radius 1 is 0.931 bits per heavy atom. The zero-order valence-corrected chi connectivity index (χ0v) is 16.5. The normalized spacial score (nSPS) is 10.6. The first-order valence-electron chi connectivity index (χ1n) is 9.22. The van der Waals surface area contributed by atoms with Gasteiger partial charge in [-0.15, -0.1) is 0 Å². The Kier molecular flexibility index (Phi) is 5.07. The van der Waals surface area contributed by atoms with Gasteiger partial charge in [-0.2, -0.15) is 0 Å². The van der Waals surface area contributed by atoms with Crippen LogP contribution in [0.15, 0.2) is 76.3 Å². The standard InChI is InChI=1S/C24H17ClN2O2/c1-2-18-9-6-10-20-22(18)23(28)27(24(29)26-20)21-14-13-17(15-19(21)25)12-11-16-7-4-3-5-8-16/h3-10,13-15H,2H2,1H3,(H,26,29). The molecular formula is C24H17ClN2O2. The van der Waals surface area contributed by atoms with Gasteiger partial charge in [-0.1, -0.05) is 60.7 Å². The molecule has 1 aromatic heterocycles. The minimum Gasteiger partial charge on any atom is -0.306 e. The van der Waals surface area contributed by atoms with Crippen LogP contribution < -0.4 is 11.2 Å². The summed E-state index contributed by atoms with van der Waals surface area (Å²) in [6.45, 7) is 1.97. The van der Waals surface area contributed by atoms with Gasteiger partial charge >= 0.3 is 5.69 Å². The number of aromatic nitrogens is 2. The lowest BCUT2D eigenvalue weighted by Crippen LogP contribution is -2.34. The summed E-state index contributed by atoms with van der Waals surface area (Å²) >= 11 is 6.43. The predicted octanol–water partition coefficient (Wildman–Crippen LogP) is 4.29. The topological polar surface area (TPSA) is 54.9 Å². The quantitative estimate of drug-likeness (QED) is 0.510. The summed E-state index contributed by atoms with van der Waals surface area (Å²) in [7, 11) is 0. The highest BCUT2D eigenvalue weighted by molar-refractivity contribution is 6.32. The molecule has 1 N–H and O–H groups in total. The lowest BCUT2D eigenvalue weighted by Gasteiger charge is -2.10. The van der Waals surface area contributed by atoms with Crippen molar-refractivity contribution >= 4 is 22.5 Å². The van der Waals surface area contributed by atoms with Crippen LogP contribution in [0.4, 0.5) is 0 Å². The fraction of sp³-hybridized carbons (Fsp3) is 0.0833. The number of aromatic amines is 1. The van der Waals surface area contributed by atoms with Crippen LogP contribution >= 0.6 is 11.6 Å². The van der Waals surface area contributed by atoms with Crippen LogP contribution in [0.5, 0.6) is 0 Å². The van der Waals surface area contributed by atoms with E-state index in [1.165, 1.54) is 0 Å². The maximum Gasteiger partial charge on any atom is 0.333 e. The first-order valence-corrected chi connectivity index (χ1v) is 9.60. The Balaban J connectivity index is 1.84. The van der Waals surface area contributed by atoms with Gasteiger partial charge in [-0.25, -0.2) is 9.36 Å². The molecule has 4 rings (SSSR count).